The van der Waals surface area contributed by atoms with Crippen LogP contribution in [0.3, 0.4) is 0 Å². The molecule has 1 rings (SSSR count). The quantitative estimate of drug-likeness (QED) is 0.450. The third-order valence-electron chi connectivity index (χ3n) is 2.88. The summed E-state index contributed by atoms with van der Waals surface area (Å²) in [6.45, 7) is 4.56. The van der Waals surface area contributed by atoms with Gasteiger partial charge in [-0.15, -0.1) is 0 Å². The van der Waals surface area contributed by atoms with Crippen LogP contribution < -0.4 is 0 Å². The van der Waals surface area contributed by atoms with Crippen molar-refractivity contribution in [2.75, 3.05) is 60.3 Å². The van der Waals surface area contributed by atoms with Gasteiger partial charge in [0.15, 0.2) is 0 Å². The molecule has 0 aliphatic carbocycles. The van der Waals surface area contributed by atoms with E-state index >= 15 is 0 Å². The summed E-state index contributed by atoms with van der Waals surface area (Å²) in [7, 11) is 3.06. The maximum absolute atomic E-state index is 11.6. The molecule has 1 unspecified atom stereocenters. The number of hydrogen-bond donors (Lipinski definition) is 0. The highest BCUT2D eigenvalue weighted by molar-refractivity contribution is 5.75. The van der Waals surface area contributed by atoms with Crippen LogP contribution >= 0.6 is 0 Å². The van der Waals surface area contributed by atoms with Crippen LogP contribution in [-0.2, 0) is 23.7 Å². The van der Waals surface area contributed by atoms with Crippen molar-refractivity contribution in [3.8, 4) is 0 Å². The monoisotopic (exact) mass is 261 g/mol. The van der Waals surface area contributed by atoms with Gasteiger partial charge in [0.2, 0.25) is 0 Å². The molecule has 1 heterocycles. The van der Waals surface area contributed by atoms with E-state index in [4.69, 9.17) is 18.9 Å². The lowest BCUT2D eigenvalue weighted by molar-refractivity contribution is -0.153. The number of methoxy groups -OCH3 is 2. The average Bonchev–Trinajstić information content (AvgIpc) is 2.42. The molecule has 0 N–H and O–H groups in total. The van der Waals surface area contributed by atoms with Crippen molar-refractivity contribution in [2.45, 2.75) is 12.5 Å². The predicted molar refractivity (Wildman–Crippen MR) is 65.5 cm³/mol. The summed E-state index contributed by atoms with van der Waals surface area (Å²) in [5.41, 5.74) is 0. The Bertz CT molecular complexity index is 237. The zero-order chi connectivity index (χ0) is 13.2. The molecule has 6 nitrogen and oxygen atoms in total. The smallest absolute Gasteiger partial charge is 0.325 e. The van der Waals surface area contributed by atoms with Crippen molar-refractivity contribution in [1.82, 2.24) is 4.90 Å². The van der Waals surface area contributed by atoms with Gasteiger partial charge >= 0.3 is 5.97 Å². The summed E-state index contributed by atoms with van der Waals surface area (Å²) < 4.78 is 20.4. The van der Waals surface area contributed by atoms with Crippen molar-refractivity contribution < 1.29 is 23.7 Å². The van der Waals surface area contributed by atoms with E-state index in [1.165, 1.54) is 7.11 Å². The van der Waals surface area contributed by atoms with Crippen LogP contribution in [0.15, 0.2) is 0 Å². The van der Waals surface area contributed by atoms with Gasteiger partial charge in [0.1, 0.15) is 6.04 Å². The first-order valence-electron chi connectivity index (χ1n) is 6.26. The molecule has 18 heavy (non-hydrogen) atoms. The zero-order valence-electron chi connectivity index (χ0n) is 11.2. The van der Waals surface area contributed by atoms with E-state index < -0.39 is 0 Å². The van der Waals surface area contributed by atoms with E-state index in [-0.39, 0.29) is 12.0 Å². The number of nitrogens with zero attached hydrogens (tertiary/aromatic N) is 1. The van der Waals surface area contributed by atoms with Gasteiger partial charge in [0.25, 0.3) is 0 Å². The van der Waals surface area contributed by atoms with Gasteiger partial charge in [-0.3, -0.25) is 9.69 Å². The number of morpholine rings is 1. The minimum atomic E-state index is -0.275. The minimum absolute atomic E-state index is 0.227. The molecule has 1 atom stereocenters. The molecular formula is C12H23NO5. The number of carbonyl (C=O) groups excluding carboxylic acids is 1. The highest BCUT2D eigenvalue weighted by atomic mass is 16.5. The predicted octanol–water partition coefficient (Wildman–Crippen LogP) is -0.0867. The van der Waals surface area contributed by atoms with E-state index in [0.29, 0.717) is 33.0 Å². The molecule has 0 aromatic heterocycles. The van der Waals surface area contributed by atoms with Gasteiger partial charge in [0, 0.05) is 26.8 Å². The molecule has 6 heteroatoms. The molecule has 1 aliphatic heterocycles. The summed E-state index contributed by atoms with van der Waals surface area (Å²) >= 11 is 0. The lowest BCUT2D eigenvalue weighted by Gasteiger charge is -2.33. The molecule has 0 bridgehead atoms. The Hall–Kier alpha value is -0.690. The second-order valence-corrected chi connectivity index (χ2v) is 4.11. The second-order valence-electron chi connectivity index (χ2n) is 4.11. The number of rotatable bonds is 8. The summed E-state index contributed by atoms with van der Waals surface area (Å²) in [5.74, 6) is -0.227. The lowest BCUT2D eigenvalue weighted by Crippen LogP contribution is -2.50. The maximum Gasteiger partial charge on any atom is 0.325 e. The molecule has 0 amide bonds. The topological polar surface area (TPSA) is 57.2 Å². The normalized spacial score (nSPS) is 20.9. The van der Waals surface area contributed by atoms with Crippen molar-refractivity contribution in [2.24, 2.45) is 0 Å². The van der Waals surface area contributed by atoms with Crippen LogP contribution in [0.2, 0.25) is 0 Å². The average molecular weight is 261 g/mol. The van der Waals surface area contributed by atoms with Crippen molar-refractivity contribution in [3.63, 3.8) is 0 Å². The third-order valence-corrected chi connectivity index (χ3v) is 2.88. The first kappa shape index (κ1) is 15.4. The standard InChI is InChI=1S/C12H23NO5/c1-15-8-9-17-6-3-4-13-5-7-18-10-11(13)12(14)16-2/h11H,3-10H2,1-2H3. The third kappa shape index (κ3) is 5.30. The highest BCUT2D eigenvalue weighted by Gasteiger charge is 2.29. The van der Waals surface area contributed by atoms with Crippen LogP contribution in [0.25, 0.3) is 0 Å². The second kappa shape index (κ2) is 9.27. The molecule has 0 radical (unpaired) electrons. The van der Waals surface area contributed by atoms with Crippen LogP contribution in [0, 0.1) is 0 Å². The fraction of sp³-hybridized carbons (Fsp3) is 0.917. The van der Waals surface area contributed by atoms with E-state index in [2.05, 4.69) is 4.90 Å². The molecule has 0 aromatic rings. The van der Waals surface area contributed by atoms with E-state index in [1.54, 1.807) is 7.11 Å². The zero-order valence-corrected chi connectivity index (χ0v) is 11.2. The largest absolute Gasteiger partial charge is 0.468 e. The van der Waals surface area contributed by atoms with Gasteiger partial charge in [-0.2, -0.15) is 0 Å². The van der Waals surface area contributed by atoms with Crippen molar-refractivity contribution in [3.05, 3.63) is 0 Å². The number of ether oxygens (including phenoxy) is 4. The molecule has 106 valence electrons. The number of carbonyl (C=O) groups is 1. The Balaban J connectivity index is 2.19. The molecule has 1 aliphatic rings. The molecule has 1 saturated heterocycles. The van der Waals surface area contributed by atoms with Gasteiger partial charge in [-0.1, -0.05) is 0 Å². The number of hydrogen-bond acceptors (Lipinski definition) is 6. The lowest BCUT2D eigenvalue weighted by atomic mass is 10.2. The molecule has 0 spiro atoms. The summed E-state index contributed by atoms with van der Waals surface area (Å²) in [4.78, 5) is 13.7. The van der Waals surface area contributed by atoms with E-state index in [1.807, 2.05) is 0 Å². The molecular weight excluding hydrogens is 238 g/mol. The SMILES string of the molecule is COCCOCCCN1CCOCC1C(=O)OC. The first-order valence-corrected chi connectivity index (χ1v) is 6.26. The number of esters is 1. The van der Waals surface area contributed by atoms with Crippen LogP contribution in [-0.4, -0.2) is 77.3 Å². The maximum atomic E-state index is 11.6. The van der Waals surface area contributed by atoms with Crippen LogP contribution in [0.1, 0.15) is 6.42 Å². The van der Waals surface area contributed by atoms with Gasteiger partial charge in [0.05, 0.1) is 33.5 Å². The van der Waals surface area contributed by atoms with Gasteiger partial charge in [-0.05, 0) is 6.42 Å². The molecule has 1 fully saturated rings. The Morgan fingerprint density at radius 3 is 2.89 bits per heavy atom. The van der Waals surface area contributed by atoms with E-state index in [0.717, 1.165) is 19.5 Å². The van der Waals surface area contributed by atoms with Gasteiger partial charge < -0.3 is 18.9 Å². The van der Waals surface area contributed by atoms with Crippen LogP contribution in [0.4, 0.5) is 0 Å². The Kier molecular flexibility index (Phi) is 7.91. The van der Waals surface area contributed by atoms with Crippen molar-refractivity contribution in [1.29, 1.82) is 0 Å². The van der Waals surface area contributed by atoms with Crippen LogP contribution in [0.5, 0.6) is 0 Å². The Labute approximate surface area is 108 Å². The summed E-state index contributed by atoms with van der Waals surface area (Å²) in [5, 5.41) is 0. The summed E-state index contributed by atoms with van der Waals surface area (Å²) in [6, 6.07) is -0.275. The highest BCUT2D eigenvalue weighted by Crippen LogP contribution is 2.09. The van der Waals surface area contributed by atoms with Crippen molar-refractivity contribution >= 4 is 5.97 Å². The molecule has 0 aromatic carbocycles. The molecule has 0 saturated carbocycles. The fourth-order valence-corrected chi connectivity index (χ4v) is 1.87. The minimum Gasteiger partial charge on any atom is -0.468 e. The van der Waals surface area contributed by atoms with Gasteiger partial charge in [-0.25, -0.2) is 0 Å². The van der Waals surface area contributed by atoms with E-state index in [9.17, 15) is 4.79 Å². The Morgan fingerprint density at radius 2 is 2.17 bits per heavy atom. The summed E-state index contributed by atoms with van der Waals surface area (Å²) in [6.07, 6.45) is 0.886. The Morgan fingerprint density at radius 1 is 1.33 bits per heavy atom. The fourth-order valence-electron chi connectivity index (χ4n) is 1.87. The first-order chi connectivity index (χ1) is 8.79.